The monoisotopic (exact) mass is 214 g/mol. The van der Waals surface area contributed by atoms with E-state index in [4.69, 9.17) is 0 Å². The molecule has 1 aliphatic rings. The molecule has 76 valence electrons. The van der Waals surface area contributed by atoms with Crippen LogP contribution in [-0.2, 0) is 9.73 Å². The summed E-state index contributed by atoms with van der Waals surface area (Å²) in [5.41, 5.74) is 0.512. The number of halogens is 1. The predicted octanol–water partition coefficient (Wildman–Crippen LogP) is 2.11. The first-order valence-corrected chi connectivity index (χ1v) is 6.37. The number of nitrogens with zero attached hydrogens (tertiary/aromatic N) is 2. The molecule has 0 amide bonds. The molecule has 1 aromatic heterocycles. The van der Waals surface area contributed by atoms with Crippen LogP contribution >= 0.6 is 0 Å². The van der Waals surface area contributed by atoms with Crippen LogP contribution in [0, 0.1) is 5.95 Å². The van der Waals surface area contributed by atoms with Gasteiger partial charge in [-0.25, -0.2) is 9.19 Å². The van der Waals surface area contributed by atoms with Gasteiger partial charge in [0.25, 0.3) is 0 Å². The molecule has 0 aliphatic carbocycles. The van der Waals surface area contributed by atoms with E-state index in [1.165, 1.54) is 18.3 Å². The molecule has 0 spiro atoms. The van der Waals surface area contributed by atoms with Crippen molar-refractivity contribution in [3.05, 3.63) is 24.3 Å². The van der Waals surface area contributed by atoms with Crippen molar-refractivity contribution in [2.24, 2.45) is 4.36 Å². The van der Waals surface area contributed by atoms with Crippen molar-refractivity contribution >= 4 is 15.4 Å². The molecule has 1 aliphatic heterocycles. The van der Waals surface area contributed by atoms with Gasteiger partial charge in [0.2, 0.25) is 5.95 Å². The Hall–Kier alpha value is -0.970. The van der Waals surface area contributed by atoms with E-state index >= 15 is 0 Å². The van der Waals surface area contributed by atoms with Crippen molar-refractivity contribution in [2.75, 3.05) is 11.5 Å². The van der Waals surface area contributed by atoms with Crippen molar-refractivity contribution in [3.63, 3.8) is 0 Å². The molecule has 0 N–H and O–H groups in total. The molecule has 0 atom stereocenters. The first kappa shape index (κ1) is 9.58. The molecule has 1 aromatic rings. The molecule has 2 heterocycles. The molecule has 3 nitrogen and oxygen atoms in total. The maximum Gasteiger partial charge on any atom is 0.212 e. The van der Waals surface area contributed by atoms with Crippen molar-refractivity contribution < 1.29 is 8.60 Å². The van der Waals surface area contributed by atoms with E-state index in [0.29, 0.717) is 17.2 Å². The normalized spacial score (nSPS) is 19.5. The lowest BCUT2D eigenvalue weighted by atomic mass is 10.4. The van der Waals surface area contributed by atoms with E-state index in [2.05, 4.69) is 9.35 Å². The molecule has 0 unspecified atom stereocenters. The summed E-state index contributed by atoms with van der Waals surface area (Å²) >= 11 is 0. The van der Waals surface area contributed by atoms with Gasteiger partial charge in [0.1, 0.15) is 0 Å². The van der Waals surface area contributed by atoms with Crippen LogP contribution < -0.4 is 0 Å². The second-order valence-electron chi connectivity index (χ2n) is 3.32. The van der Waals surface area contributed by atoms with Crippen LogP contribution in [0.25, 0.3) is 0 Å². The van der Waals surface area contributed by atoms with Gasteiger partial charge in [0.05, 0.1) is 21.6 Å². The molecule has 2 rings (SSSR count). The standard InChI is InChI=1S/C9H11FN2OS/c10-9-4-3-8(7-11-9)12-14(13)5-1-2-6-14/h3-4,7H,1-2,5-6H2. The number of pyridine rings is 1. The minimum atomic E-state index is -2.06. The van der Waals surface area contributed by atoms with E-state index in [0.717, 1.165) is 12.8 Å². The topological polar surface area (TPSA) is 42.3 Å². The second-order valence-corrected chi connectivity index (χ2v) is 5.86. The van der Waals surface area contributed by atoms with E-state index < -0.39 is 15.7 Å². The van der Waals surface area contributed by atoms with Crippen LogP contribution in [0.5, 0.6) is 0 Å². The van der Waals surface area contributed by atoms with E-state index in [1.54, 1.807) is 0 Å². The van der Waals surface area contributed by atoms with Crippen LogP contribution in [0.2, 0.25) is 0 Å². The maximum absolute atomic E-state index is 12.5. The minimum Gasteiger partial charge on any atom is -0.249 e. The molecule has 1 fully saturated rings. The summed E-state index contributed by atoms with van der Waals surface area (Å²) in [5, 5.41) is 0. The lowest BCUT2D eigenvalue weighted by Crippen LogP contribution is -1.99. The Morgan fingerprint density at radius 1 is 1.36 bits per heavy atom. The predicted molar refractivity (Wildman–Crippen MR) is 53.4 cm³/mol. The number of hydrogen-bond donors (Lipinski definition) is 0. The van der Waals surface area contributed by atoms with Gasteiger partial charge in [-0.05, 0) is 25.0 Å². The van der Waals surface area contributed by atoms with Gasteiger partial charge in [-0.2, -0.15) is 8.75 Å². The van der Waals surface area contributed by atoms with Gasteiger partial charge in [-0.15, -0.1) is 0 Å². The SMILES string of the molecule is O=S1(=Nc2ccc(F)nc2)CCCC1. The minimum absolute atomic E-state index is 0.512. The zero-order valence-electron chi connectivity index (χ0n) is 7.65. The molecule has 0 aromatic carbocycles. The first-order chi connectivity index (χ1) is 6.68. The van der Waals surface area contributed by atoms with Crippen LogP contribution in [0.4, 0.5) is 10.1 Å². The summed E-state index contributed by atoms with van der Waals surface area (Å²) in [6, 6.07) is 2.74. The quantitative estimate of drug-likeness (QED) is 0.672. The summed E-state index contributed by atoms with van der Waals surface area (Å²) in [5.74, 6) is 0.777. The fraction of sp³-hybridized carbons (Fsp3) is 0.444. The third kappa shape index (κ3) is 2.09. The van der Waals surface area contributed by atoms with Gasteiger partial charge in [-0.1, -0.05) is 0 Å². The maximum atomic E-state index is 12.5. The Morgan fingerprint density at radius 3 is 2.64 bits per heavy atom. The number of hydrogen-bond acceptors (Lipinski definition) is 3. The smallest absolute Gasteiger partial charge is 0.212 e. The van der Waals surface area contributed by atoms with Crippen molar-refractivity contribution in [3.8, 4) is 0 Å². The lowest BCUT2D eigenvalue weighted by Gasteiger charge is -1.99. The van der Waals surface area contributed by atoms with E-state index in [-0.39, 0.29) is 0 Å². The number of rotatable bonds is 1. The molecule has 0 bridgehead atoms. The van der Waals surface area contributed by atoms with Gasteiger partial charge in [-0.3, -0.25) is 0 Å². The molecule has 0 saturated carbocycles. The third-order valence-corrected chi connectivity index (χ3v) is 4.56. The largest absolute Gasteiger partial charge is 0.249 e. The molecule has 1 saturated heterocycles. The van der Waals surface area contributed by atoms with Gasteiger partial charge in [0.15, 0.2) is 0 Å². The molecule has 0 radical (unpaired) electrons. The highest BCUT2D eigenvalue weighted by Gasteiger charge is 2.16. The zero-order valence-corrected chi connectivity index (χ0v) is 8.47. The van der Waals surface area contributed by atoms with Gasteiger partial charge in [0, 0.05) is 11.5 Å². The van der Waals surface area contributed by atoms with Crippen LogP contribution in [0.1, 0.15) is 12.8 Å². The van der Waals surface area contributed by atoms with Crippen LogP contribution in [0.3, 0.4) is 0 Å². The highest BCUT2D eigenvalue weighted by atomic mass is 32.2. The van der Waals surface area contributed by atoms with Gasteiger partial charge >= 0.3 is 0 Å². The van der Waals surface area contributed by atoms with E-state index in [9.17, 15) is 8.60 Å². The lowest BCUT2D eigenvalue weighted by molar-refractivity contribution is 0.584. The highest BCUT2D eigenvalue weighted by Crippen LogP contribution is 2.19. The van der Waals surface area contributed by atoms with Crippen molar-refractivity contribution in [2.45, 2.75) is 12.8 Å². The Morgan fingerprint density at radius 2 is 2.07 bits per heavy atom. The summed E-state index contributed by atoms with van der Waals surface area (Å²) < 4.78 is 28.6. The fourth-order valence-electron chi connectivity index (χ4n) is 1.46. The van der Waals surface area contributed by atoms with Crippen molar-refractivity contribution in [1.29, 1.82) is 0 Å². The van der Waals surface area contributed by atoms with Crippen LogP contribution in [-0.4, -0.2) is 20.7 Å². The highest BCUT2D eigenvalue weighted by molar-refractivity contribution is 7.93. The molecular formula is C9H11FN2OS. The number of aromatic nitrogens is 1. The Balaban J connectivity index is 2.33. The Labute approximate surface area is 82.5 Å². The molecule has 14 heavy (non-hydrogen) atoms. The summed E-state index contributed by atoms with van der Waals surface area (Å²) in [6.07, 6.45) is 3.26. The van der Waals surface area contributed by atoms with Crippen molar-refractivity contribution in [1.82, 2.24) is 4.98 Å². The van der Waals surface area contributed by atoms with Crippen LogP contribution in [0.15, 0.2) is 22.7 Å². The second kappa shape index (κ2) is 3.65. The van der Waals surface area contributed by atoms with E-state index in [1.807, 2.05) is 0 Å². The summed E-state index contributed by atoms with van der Waals surface area (Å²) in [7, 11) is -2.06. The Bertz CT molecular complexity index is 423. The average Bonchev–Trinajstić information content (AvgIpc) is 2.57. The molecular weight excluding hydrogens is 203 g/mol. The van der Waals surface area contributed by atoms with Gasteiger partial charge < -0.3 is 0 Å². The fourth-order valence-corrected chi connectivity index (χ4v) is 3.65. The zero-order chi connectivity index (χ0) is 10.0. The third-order valence-electron chi connectivity index (χ3n) is 2.16. The average molecular weight is 214 g/mol. The first-order valence-electron chi connectivity index (χ1n) is 4.52. The summed E-state index contributed by atoms with van der Waals surface area (Å²) in [6.45, 7) is 0. The molecule has 5 heteroatoms. The summed E-state index contributed by atoms with van der Waals surface area (Å²) in [4.78, 5) is 3.47. The Kier molecular flexibility index (Phi) is 2.50.